The maximum atomic E-state index is 11.1. The molecule has 2 aromatic heterocycles. The molecule has 12 heteroatoms. The summed E-state index contributed by atoms with van der Waals surface area (Å²) in [5.74, 6) is 0.189. The quantitative estimate of drug-likeness (QED) is 0.265. The maximum absolute atomic E-state index is 11.1. The van der Waals surface area contributed by atoms with Crippen molar-refractivity contribution in [3.05, 3.63) is 42.5 Å². The highest BCUT2D eigenvalue weighted by Crippen LogP contribution is 2.32. The van der Waals surface area contributed by atoms with E-state index in [9.17, 15) is 20.1 Å². The predicted molar refractivity (Wildman–Crippen MR) is 110 cm³/mol. The first-order valence-corrected chi connectivity index (χ1v) is 9.44. The van der Waals surface area contributed by atoms with Crippen LogP contribution in [0.5, 0.6) is 0 Å². The molecule has 12 nitrogen and oxygen atoms in total. The van der Waals surface area contributed by atoms with Gasteiger partial charge in [-0.2, -0.15) is 5.10 Å². The summed E-state index contributed by atoms with van der Waals surface area (Å²) in [4.78, 5) is 23.7. The number of hydrazone groups is 1. The Morgan fingerprint density at radius 2 is 2.00 bits per heavy atom. The number of anilines is 2. The number of aliphatic hydroxyl groups excluding tert-OH is 3. The lowest BCUT2D eigenvalue weighted by atomic mass is 10.1. The summed E-state index contributed by atoms with van der Waals surface area (Å²) in [5.41, 5.74) is 5.04. The summed E-state index contributed by atoms with van der Waals surface area (Å²) in [6, 6.07) is 7.10. The van der Waals surface area contributed by atoms with Gasteiger partial charge in [0.15, 0.2) is 23.2 Å². The molecular formula is C19H21N7O5. The monoisotopic (exact) mass is 427 g/mol. The van der Waals surface area contributed by atoms with Gasteiger partial charge < -0.3 is 25.4 Å². The van der Waals surface area contributed by atoms with Gasteiger partial charge in [0.1, 0.15) is 24.6 Å². The molecule has 1 amide bonds. The fraction of sp³-hybridized carbons (Fsp3) is 0.316. The van der Waals surface area contributed by atoms with E-state index in [2.05, 4.69) is 30.8 Å². The molecule has 3 heterocycles. The van der Waals surface area contributed by atoms with E-state index in [4.69, 9.17) is 4.74 Å². The predicted octanol–water partition coefficient (Wildman–Crippen LogP) is -0.158. The van der Waals surface area contributed by atoms with Gasteiger partial charge in [-0.3, -0.25) is 14.8 Å². The number of hydrogen-bond acceptors (Lipinski definition) is 10. The molecule has 31 heavy (non-hydrogen) atoms. The normalized spacial score (nSPS) is 23.5. The average molecular weight is 427 g/mol. The van der Waals surface area contributed by atoms with Crippen molar-refractivity contribution in [1.29, 1.82) is 0 Å². The molecule has 4 rings (SSSR count). The third-order valence-corrected chi connectivity index (χ3v) is 4.77. The van der Waals surface area contributed by atoms with Gasteiger partial charge in [0.25, 0.3) is 0 Å². The zero-order chi connectivity index (χ0) is 22.0. The summed E-state index contributed by atoms with van der Waals surface area (Å²) in [5, 5.41) is 36.4. The Morgan fingerprint density at radius 3 is 2.68 bits per heavy atom. The Morgan fingerprint density at radius 1 is 1.23 bits per heavy atom. The van der Waals surface area contributed by atoms with Gasteiger partial charge in [-0.1, -0.05) is 12.1 Å². The van der Waals surface area contributed by atoms with E-state index >= 15 is 0 Å². The minimum absolute atomic E-state index is 0.146. The molecule has 0 unspecified atom stereocenters. The summed E-state index contributed by atoms with van der Waals surface area (Å²) in [6.45, 7) is 1.01. The summed E-state index contributed by atoms with van der Waals surface area (Å²) < 4.78 is 7.00. The number of hydrogen-bond donors (Lipinski definition) is 5. The molecule has 0 saturated carbocycles. The first kappa shape index (κ1) is 20.8. The topological polar surface area (TPSA) is 167 Å². The third-order valence-electron chi connectivity index (χ3n) is 4.77. The SMILES string of the molecule is CC(=O)Nc1ccc(/C=N/Nc2ncnc3c2ncn3[C@@H]2O[C@H](CO)[C@@H](O)[C@H]2O)cc1. The Hall–Kier alpha value is -3.45. The maximum Gasteiger partial charge on any atom is 0.221 e. The van der Waals surface area contributed by atoms with Crippen LogP contribution in [-0.4, -0.2) is 71.9 Å². The summed E-state index contributed by atoms with van der Waals surface area (Å²) in [7, 11) is 0. The first-order valence-electron chi connectivity index (χ1n) is 9.44. The lowest BCUT2D eigenvalue weighted by Gasteiger charge is -2.16. The van der Waals surface area contributed by atoms with Crippen LogP contribution >= 0.6 is 0 Å². The number of nitrogens with zero attached hydrogens (tertiary/aromatic N) is 5. The molecule has 1 aromatic carbocycles. The second-order valence-electron chi connectivity index (χ2n) is 6.95. The third kappa shape index (κ3) is 4.22. The van der Waals surface area contributed by atoms with Crippen molar-refractivity contribution in [2.45, 2.75) is 31.5 Å². The highest BCUT2D eigenvalue weighted by atomic mass is 16.6. The average Bonchev–Trinajstić information content (AvgIpc) is 3.31. The number of carbonyl (C=O) groups is 1. The van der Waals surface area contributed by atoms with E-state index in [-0.39, 0.29) is 5.91 Å². The number of amides is 1. The molecular weight excluding hydrogens is 406 g/mol. The number of nitrogens with one attached hydrogen (secondary N) is 2. The van der Waals surface area contributed by atoms with E-state index in [0.717, 1.165) is 5.56 Å². The second kappa shape index (κ2) is 8.73. The number of aromatic nitrogens is 4. The van der Waals surface area contributed by atoms with E-state index in [1.165, 1.54) is 24.1 Å². The number of ether oxygens (including phenoxy) is 1. The van der Waals surface area contributed by atoms with Crippen molar-refractivity contribution in [3.8, 4) is 0 Å². The van der Waals surface area contributed by atoms with Crippen LogP contribution in [0.3, 0.4) is 0 Å². The van der Waals surface area contributed by atoms with Gasteiger partial charge in [0.05, 0.1) is 19.1 Å². The van der Waals surface area contributed by atoms with Crippen molar-refractivity contribution >= 4 is 34.8 Å². The zero-order valence-corrected chi connectivity index (χ0v) is 16.5. The number of carbonyl (C=O) groups excluding carboxylic acids is 1. The van der Waals surface area contributed by atoms with E-state index in [1.54, 1.807) is 30.5 Å². The van der Waals surface area contributed by atoms with Crippen molar-refractivity contribution in [2.24, 2.45) is 5.10 Å². The standard InChI is InChI=1S/C19H21N7O5/c1-10(28)24-12-4-2-11(3-5-12)6-23-25-17-14-18(21-8-20-17)26(9-22-14)19-16(30)15(29)13(7-27)31-19/h2-6,8-9,13,15-16,19,27,29-30H,7H2,1H3,(H,24,28)(H,20,21,25)/b23-6+/t13-,15-,16-,19-/m1/s1. The smallest absolute Gasteiger partial charge is 0.221 e. The van der Waals surface area contributed by atoms with Gasteiger partial charge >= 0.3 is 0 Å². The second-order valence-corrected chi connectivity index (χ2v) is 6.95. The number of rotatable bonds is 6. The van der Waals surface area contributed by atoms with Gasteiger partial charge in [0.2, 0.25) is 5.91 Å². The lowest BCUT2D eigenvalue weighted by Crippen LogP contribution is -2.33. The van der Waals surface area contributed by atoms with Crippen LogP contribution in [0.25, 0.3) is 11.2 Å². The molecule has 0 spiro atoms. The Labute approximate surface area is 176 Å². The molecule has 0 radical (unpaired) electrons. The van der Waals surface area contributed by atoms with Gasteiger partial charge in [-0.05, 0) is 17.7 Å². The highest BCUT2D eigenvalue weighted by molar-refractivity contribution is 5.89. The molecule has 1 saturated heterocycles. The van der Waals surface area contributed by atoms with Crippen LogP contribution in [0.2, 0.25) is 0 Å². The van der Waals surface area contributed by atoms with Crippen LogP contribution in [-0.2, 0) is 9.53 Å². The number of benzene rings is 1. The lowest BCUT2D eigenvalue weighted by molar-refractivity contribution is -0.114. The van der Waals surface area contributed by atoms with Crippen LogP contribution in [0.4, 0.5) is 11.5 Å². The largest absolute Gasteiger partial charge is 0.394 e. The van der Waals surface area contributed by atoms with Crippen LogP contribution in [0, 0.1) is 0 Å². The minimum Gasteiger partial charge on any atom is -0.394 e. The van der Waals surface area contributed by atoms with E-state index < -0.39 is 31.1 Å². The molecule has 1 aliphatic heterocycles. The number of imidazole rings is 1. The van der Waals surface area contributed by atoms with Crippen molar-refractivity contribution in [3.63, 3.8) is 0 Å². The first-order chi connectivity index (χ1) is 15.0. The van der Waals surface area contributed by atoms with E-state index in [0.29, 0.717) is 22.7 Å². The number of fused-ring (bicyclic) bond motifs is 1. The van der Waals surface area contributed by atoms with Crippen LogP contribution < -0.4 is 10.7 Å². The van der Waals surface area contributed by atoms with E-state index in [1.807, 2.05) is 0 Å². The molecule has 1 fully saturated rings. The molecule has 0 aliphatic carbocycles. The summed E-state index contributed by atoms with van der Waals surface area (Å²) in [6.07, 6.45) is -0.0388. The highest BCUT2D eigenvalue weighted by Gasteiger charge is 2.44. The molecule has 1 aliphatic rings. The zero-order valence-electron chi connectivity index (χ0n) is 16.5. The molecule has 0 bridgehead atoms. The fourth-order valence-corrected chi connectivity index (χ4v) is 3.25. The molecule has 162 valence electrons. The van der Waals surface area contributed by atoms with Gasteiger partial charge in [-0.25, -0.2) is 15.0 Å². The van der Waals surface area contributed by atoms with Crippen molar-refractivity contribution in [1.82, 2.24) is 19.5 Å². The Kier molecular flexibility index (Phi) is 5.86. The van der Waals surface area contributed by atoms with Gasteiger partial charge in [-0.15, -0.1) is 0 Å². The van der Waals surface area contributed by atoms with Crippen LogP contribution in [0.15, 0.2) is 42.0 Å². The molecule has 4 atom stereocenters. The Bertz CT molecular complexity index is 1100. The van der Waals surface area contributed by atoms with Crippen LogP contribution in [0.1, 0.15) is 18.7 Å². The number of aliphatic hydroxyl groups is 3. The summed E-state index contributed by atoms with van der Waals surface area (Å²) >= 11 is 0. The minimum atomic E-state index is -1.25. The van der Waals surface area contributed by atoms with Gasteiger partial charge in [0, 0.05) is 12.6 Å². The Balaban J connectivity index is 1.51. The van der Waals surface area contributed by atoms with Crippen molar-refractivity contribution < 1.29 is 24.9 Å². The van der Waals surface area contributed by atoms with Crippen molar-refractivity contribution in [2.75, 3.05) is 17.3 Å². The molecule has 3 aromatic rings. The molecule has 5 N–H and O–H groups in total. The fourth-order valence-electron chi connectivity index (χ4n) is 3.25.